The number of hydrogen-bond acceptors (Lipinski definition) is 4. The molecular formula is C22H33NO4S. The summed E-state index contributed by atoms with van der Waals surface area (Å²) in [4.78, 5) is 24.9. The van der Waals surface area contributed by atoms with Crippen molar-refractivity contribution in [2.75, 3.05) is 18.1 Å². The number of aliphatic hydroxyl groups excluding tert-OH is 1. The zero-order valence-corrected chi connectivity index (χ0v) is 17.6. The highest BCUT2D eigenvalue weighted by atomic mass is 32.2. The lowest BCUT2D eigenvalue weighted by Gasteiger charge is -2.36. The fraction of sp³-hybridized carbons (Fsp3) is 0.636. The molecule has 0 bridgehead atoms. The molecule has 2 rings (SSSR count). The van der Waals surface area contributed by atoms with Crippen LogP contribution >= 0.6 is 11.8 Å². The summed E-state index contributed by atoms with van der Waals surface area (Å²) >= 11 is 1.71. The van der Waals surface area contributed by atoms with E-state index in [0.29, 0.717) is 25.7 Å². The second kappa shape index (κ2) is 12.1. The minimum Gasteiger partial charge on any atom is -0.481 e. The van der Waals surface area contributed by atoms with Gasteiger partial charge in [-0.2, -0.15) is 11.8 Å². The first-order valence-corrected chi connectivity index (χ1v) is 11.4. The van der Waals surface area contributed by atoms with Crippen LogP contribution in [0.2, 0.25) is 0 Å². The van der Waals surface area contributed by atoms with Crippen LogP contribution in [0.5, 0.6) is 0 Å². The summed E-state index contributed by atoms with van der Waals surface area (Å²) in [7, 11) is 0. The van der Waals surface area contributed by atoms with E-state index in [1.165, 1.54) is 11.1 Å². The van der Waals surface area contributed by atoms with Crippen molar-refractivity contribution in [2.24, 2.45) is 0 Å². The molecule has 1 amide bonds. The van der Waals surface area contributed by atoms with E-state index in [4.69, 9.17) is 5.11 Å². The fourth-order valence-electron chi connectivity index (χ4n) is 3.77. The van der Waals surface area contributed by atoms with Crippen molar-refractivity contribution in [1.29, 1.82) is 0 Å². The third-order valence-electron chi connectivity index (χ3n) is 5.39. The number of aliphatic hydroxyl groups is 1. The number of thioether (sulfide) groups is 1. The number of carbonyl (C=O) groups excluding carboxylic acids is 1. The lowest BCUT2D eigenvalue weighted by atomic mass is 9.94. The second-order valence-electron chi connectivity index (χ2n) is 7.60. The van der Waals surface area contributed by atoms with Gasteiger partial charge in [-0.1, -0.05) is 24.3 Å². The first-order chi connectivity index (χ1) is 13.5. The van der Waals surface area contributed by atoms with Crippen LogP contribution in [0.4, 0.5) is 0 Å². The molecule has 0 saturated carbocycles. The fourth-order valence-corrected chi connectivity index (χ4v) is 4.65. The number of benzene rings is 1. The van der Waals surface area contributed by atoms with E-state index in [0.717, 1.165) is 37.3 Å². The predicted molar refractivity (Wildman–Crippen MR) is 114 cm³/mol. The maximum Gasteiger partial charge on any atom is 0.303 e. The molecule has 1 heterocycles. The minimum atomic E-state index is -0.754. The van der Waals surface area contributed by atoms with E-state index >= 15 is 0 Å². The van der Waals surface area contributed by atoms with E-state index < -0.39 is 5.97 Å². The van der Waals surface area contributed by atoms with Crippen LogP contribution in [0.1, 0.15) is 56.1 Å². The van der Waals surface area contributed by atoms with Gasteiger partial charge in [-0.05, 0) is 62.3 Å². The van der Waals surface area contributed by atoms with Gasteiger partial charge in [0.15, 0.2) is 0 Å². The first-order valence-electron chi connectivity index (χ1n) is 10.3. The number of aliphatic carboxylic acids is 1. The molecule has 2 atom stereocenters. The van der Waals surface area contributed by atoms with Crippen LogP contribution in [0.3, 0.4) is 0 Å². The van der Waals surface area contributed by atoms with Crippen LogP contribution in [0.25, 0.3) is 0 Å². The number of rotatable bonds is 12. The van der Waals surface area contributed by atoms with Crippen molar-refractivity contribution in [2.45, 2.75) is 70.4 Å². The zero-order valence-electron chi connectivity index (χ0n) is 16.8. The summed E-state index contributed by atoms with van der Waals surface area (Å²) in [6.45, 7) is 2.78. The molecule has 1 aliphatic heterocycles. The molecule has 1 saturated heterocycles. The Morgan fingerprint density at radius 2 is 2.11 bits per heavy atom. The number of aryl methyl sites for hydroxylation is 1. The summed E-state index contributed by atoms with van der Waals surface area (Å²) in [5.74, 6) is 1.12. The highest BCUT2D eigenvalue weighted by Gasteiger charge is 2.27. The van der Waals surface area contributed by atoms with Gasteiger partial charge in [0.05, 0.1) is 6.10 Å². The first kappa shape index (κ1) is 22.8. The summed E-state index contributed by atoms with van der Waals surface area (Å²) in [5, 5.41) is 19.1. The summed E-state index contributed by atoms with van der Waals surface area (Å²) in [6, 6.07) is 8.36. The third kappa shape index (κ3) is 7.84. The molecule has 1 aliphatic rings. The second-order valence-corrected chi connectivity index (χ2v) is 8.83. The zero-order chi connectivity index (χ0) is 20.4. The molecule has 5 nitrogen and oxygen atoms in total. The standard InChI is InChI=1S/C22H33NO4S/c1-17-6-2-3-7-18(17)16-20(24)12-11-19-8-4-9-21(25)23(19)13-15-28-14-5-10-22(26)27/h2-3,6-7,19-20,24H,4-5,8-16H2,1H3,(H,26,27)/t19-,20?/m1/s1. The van der Waals surface area contributed by atoms with E-state index in [9.17, 15) is 14.7 Å². The maximum atomic E-state index is 12.4. The van der Waals surface area contributed by atoms with Crippen LogP contribution in [-0.4, -0.2) is 57.2 Å². The SMILES string of the molecule is Cc1ccccc1CC(O)CC[C@H]1CCCC(=O)N1CCSCCCC(=O)O. The maximum absolute atomic E-state index is 12.4. The molecular weight excluding hydrogens is 374 g/mol. The lowest BCUT2D eigenvalue weighted by Crippen LogP contribution is -2.45. The molecule has 6 heteroatoms. The number of nitrogens with zero attached hydrogens (tertiary/aromatic N) is 1. The van der Waals surface area contributed by atoms with Gasteiger partial charge in [0, 0.05) is 31.2 Å². The van der Waals surface area contributed by atoms with Gasteiger partial charge in [0.2, 0.25) is 5.91 Å². The van der Waals surface area contributed by atoms with Gasteiger partial charge in [0.1, 0.15) is 0 Å². The lowest BCUT2D eigenvalue weighted by molar-refractivity contribution is -0.137. The van der Waals surface area contributed by atoms with E-state index in [1.54, 1.807) is 11.8 Å². The number of carboxylic acids is 1. The van der Waals surface area contributed by atoms with Crippen molar-refractivity contribution in [3.05, 3.63) is 35.4 Å². The van der Waals surface area contributed by atoms with Crippen molar-refractivity contribution < 1.29 is 19.8 Å². The van der Waals surface area contributed by atoms with Crippen LogP contribution in [-0.2, 0) is 16.0 Å². The van der Waals surface area contributed by atoms with E-state index in [1.807, 2.05) is 17.0 Å². The average molecular weight is 408 g/mol. The Labute approximate surface area is 172 Å². The number of carbonyl (C=O) groups is 2. The Morgan fingerprint density at radius 1 is 1.32 bits per heavy atom. The van der Waals surface area contributed by atoms with Gasteiger partial charge >= 0.3 is 5.97 Å². The van der Waals surface area contributed by atoms with Crippen molar-refractivity contribution in [1.82, 2.24) is 4.90 Å². The Balaban J connectivity index is 1.75. The van der Waals surface area contributed by atoms with Gasteiger partial charge in [-0.3, -0.25) is 9.59 Å². The molecule has 1 aromatic carbocycles. The Kier molecular flexibility index (Phi) is 9.85. The highest BCUT2D eigenvalue weighted by molar-refractivity contribution is 7.99. The van der Waals surface area contributed by atoms with Gasteiger partial charge < -0.3 is 15.1 Å². The minimum absolute atomic E-state index is 0.205. The van der Waals surface area contributed by atoms with Gasteiger partial charge in [-0.25, -0.2) is 0 Å². The van der Waals surface area contributed by atoms with Crippen LogP contribution in [0.15, 0.2) is 24.3 Å². The molecule has 2 N–H and O–H groups in total. The normalized spacial score (nSPS) is 18.3. The largest absolute Gasteiger partial charge is 0.481 e. The van der Waals surface area contributed by atoms with E-state index in [-0.39, 0.29) is 24.5 Å². The Bertz CT molecular complexity index is 637. The predicted octanol–water partition coefficient (Wildman–Crippen LogP) is 3.66. The molecule has 1 fully saturated rings. The molecule has 0 spiro atoms. The summed E-state index contributed by atoms with van der Waals surface area (Å²) in [6.07, 6.45) is 5.24. The molecule has 1 aromatic rings. The number of piperidine rings is 1. The van der Waals surface area contributed by atoms with Crippen molar-refractivity contribution in [3.63, 3.8) is 0 Å². The molecule has 28 heavy (non-hydrogen) atoms. The average Bonchev–Trinajstić information content (AvgIpc) is 2.66. The van der Waals surface area contributed by atoms with Crippen molar-refractivity contribution >= 4 is 23.6 Å². The Hall–Kier alpha value is -1.53. The summed E-state index contributed by atoms with van der Waals surface area (Å²) < 4.78 is 0. The van der Waals surface area contributed by atoms with Crippen LogP contribution < -0.4 is 0 Å². The molecule has 0 aromatic heterocycles. The molecule has 1 unspecified atom stereocenters. The van der Waals surface area contributed by atoms with Crippen LogP contribution in [0, 0.1) is 6.92 Å². The van der Waals surface area contributed by atoms with Gasteiger partial charge in [-0.15, -0.1) is 0 Å². The number of carboxylic acid groups (broad SMARTS) is 1. The van der Waals surface area contributed by atoms with Crippen molar-refractivity contribution in [3.8, 4) is 0 Å². The Morgan fingerprint density at radius 3 is 2.86 bits per heavy atom. The quantitative estimate of drug-likeness (QED) is 0.517. The summed E-state index contributed by atoms with van der Waals surface area (Å²) in [5.41, 5.74) is 2.39. The van der Waals surface area contributed by atoms with E-state index in [2.05, 4.69) is 19.1 Å². The number of hydrogen-bond donors (Lipinski definition) is 2. The topological polar surface area (TPSA) is 77.8 Å². The molecule has 0 radical (unpaired) electrons. The smallest absolute Gasteiger partial charge is 0.303 e. The molecule has 156 valence electrons. The number of amides is 1. The number of likely N-dealkylation sites (tertiary alicyclic amines) is 1. The van der Waals surface area contributed by atoms with Gasteiger partial charge in [0.25, 0.3) is 0 Å². The third-order valence-corrected chi connectivity index (χ3v) is 6.44. The monoisotopic (exact) mass is 407 g/mol. The highest BCUT2D eigenvalue weighted by Crippen LogP contribution is 2.24. The molecule has 0 aliphatic carbocycles.